The van der Waals surface area contributed by atoms with Crippen molar-refractivity contribution in [2.45, 2.75) is 18.7 Å². The van der Waals surface area contributed by atoms with Crippen LogP contribution in [0.4, 0.5) is 18.9 Å². The average molecular weight is 478 g/mol. The SMILES string of the molecule is Cc1noc(=O)c2ccc(NC(=O)C(O)(C#Cc3ccccc3)c3ccc(C(F)(F)F)cc3)cc12. The number of aryl methyl sites for hydroxylation is 1. The normalized spacial score (nSPS) is 12.9. The van der Waals surface area contributed by atoms with Gasteiger partial charge in [0.25, 0.3) is 5.91 Å². The second-order valence-corrected chi connectivity index (χ2v) is 7.67. The zero-order valence-electron chi connectivity index (χ0n) is 18.2. The van der Waals surface area contributed by atoms with Crippen LogP contribution in [0, 0.1) is 18.8 Å². The molecule has 0 radical (unpaired) electrons. The van der Waals surface area contributed by atoms with Gasteiger partial charge in [0.05, 0.1) is 16.6 Å². The standard InChI is InChI=1S/C26H17F3N2O4/c1-16-22-15-20(11-12-21(22)23(32)35-31-16)30-24(33)25(34,14-13-17-5-3-2-4-6-17)18-7-9-19(10-8-18)26(27,28)29/h2-12,15,34H,1H3,(H,30,33). The van der Waals surface area contributed by atoms with Crippen LogP contribution < -0.4 is 10.9 Å². The monoisotopic (exact) mass is 478 g/mol. The van der Waals surface area contributed by atoms with Crippen molar-refractivity contribution in [1.29, 1.82) is 0 Å². The smallest absolute Gasteiger partial charge is 0.366 e. The van der Waals surface area contributed by atoms with Crippen molar-refractivity contribution in [3.8, 4) is 11.8 Å². The zero-order chi connectivity index (χ0) is 25.2. The molecule has 9 heteroatoms. The molecule has 6 nitrogen and oxygen atoms in total. The van der Waals surface area contributed by atoms with Crippen LogP contribution in [0.1, 0.15) is 22.4 Å². The fourth-order valence-corrected chi connectivity index (χ4v) is 3.37. The van der Waals surface area contributed by atoms with E-state index in [9.17, 15) is 27.9 Å². The van der Waals surface area contributed by atoms with Gasteiger partial charge in [0.15, 0.2) is 0 Å². The van der Waals surface area contributed by atoms with Gasteiger partial charge in [-0.3, -0.25) is 4.79 Å². The summed E-state index contributed by atoms with van der Waals surface area (Å²) in [5, 5.41) is 18.2. The molecule has 0 fully saturated rings. The van der Waals surface area contributed by atoms with Crippen molar-refractivity contribution in [3.05, 3.63) is 106 Å². The maximum Gasteiger partial charge on any atom is 0.416 e. The second-order valence-electron chi connectivity index (χ2n) is 7.67. The third-order valence-electron chi connectivity index (χ3n) is 5.27. The zero-order valence-corrected chi connectivity index (χ0v) is 18.2. The topological polar surface area (TPSA) is 92.4 Å². The number of alkyl halides is 3. The Morgan fingerprint density at radius 2 is 1.63 bits per heavy atom. The van der Waals surface area contributed by atoms with E-state index in [1.54, 1.807) is 37.3 Å². The molecule has 2 N–H and O–H groups in total. The van der Waals surface area contributed by atoms with E-state index in [1.165, 1.54) is 18.2 Å². The minimum Gasteiger partial charge on any atom is -0.366 e. The van der Waals surface area contributed by atoms with Crippen LogP contribution >= 0.6 is 0 Å². The van der Waals surface area contributed by atoms with Crippen LogP contribution in [0.2, 0.25) is 0 Å². The van der Waals surface area contributed by atoms with Crippen molar-refractivity contribution in [1.82, 2.24) is 5.16 Å². The predicted molar refractivity (Wildman–Crippen MR) is 122 cm³/mol. The number of benzene rings is 3. The summed E-state index contributed by atoms with van der Waals surface area (Å²) in [6.07, 6.45) is -4.59. The average Bonchev–Trinajstić information content (AvgIpc) is 2.85. The highest BCUT2D eigenvalue weighted by Crippen LogP contribution is 2.32. The number of hydrogen-bond acceptors (Lipinski definition) is 5. The van der Waals surface area contributed by atoms with E-state index in [4.69, 9.17) is 0 Å². The van der Waals surface area contributed by atoms with Gasteiger partial charge in [0.1, 0.15) is 0 Å². The molecule has 0 aliphatic carbocycles. The molecule has 0 bridgehead atoms. The first-order valence-corrected chi connectivity index (χ1v) is 10.3. The van der Waals surface area contributed by atoms with E-state index in [0.717, 1.165) is 24.3 Å². The molecule has 0 saturated carbocycles. The summed E-state index contributed by atoms with van der Waals surface area (Å²) < 4.78 is 43.7. The van der Waals surface area contributed by atoms with Crippen LogP contribution in [-0.2, 0) is 16.6 Å². The Bertz CT molecular complexity index is 1520. The third-order valence-corrected chi connectivity index (χ3v) is 5.27. The van der Waals surface area contributed by atoms with Gasteiger partial charge in [-0.1, -0.05) is 41.4 Å². The van der Waals surface area contributed by atoms with Crippen molar-refractivity contribution in [3.63, 3.8) is 0 Å². The number of amides is 1. The Kier molecular flexibility index (Phi) is 6.16. The molecule has 1 amide bonds. The van der Waals surface area contributed by atoms with E-state index >= 15 is 0 Å². The first kappa shape index (κ1) is 23.7. The van der Waals surface area contributed by atoms with Crippen molar-refractivity contribution in [2.75, 3.05) is 5.32 Å². The molecule has 0 saturated heterocycles. The Morgan fingerprint density at radius 1 is 0.971 bits per heavy atom. The summed E-state index contributed by atoms with van der Waals surface area (Å²) in [4.78, 5) is 25.1. The second kappa shape index (κ2) is 9.08. The molecule has 0 spiro atoms. The van der Waals surface area contributed by atoms with Gasteiger partial charge in [0.2, 0.25) is 5.60 Å². The molecule has 1 unspecified atom stereocenters. The number of aromatic nitrogens is 1. The summed E-state index contributed by atoms with van der Waals surface area (Å²) in [5.74, 6) is 4.20. The molecule has 176 valence electrons. The van der Waals surface area contributed by atoms with E-state index in [2.05, 4.69) is 26.8 Å². The molecule has 4 rings (SSSR count). The Hall–Kier alpha value is -4.42. The van der Waals surface area contributed by atoms with Crippen molar-refractivity contribution < 1.29 is 27.6 Å². The molecule has 1 aromatic heterocycles. The predicted octanol–water partition coefficient (Wildman–Crippen LogP) is 4.39. The Balaban J connectivity index is 1.75. The third kappa shape index (κ3) is 4.93. The molecule has 35 heavy (non-hydrogen) atoms. The lowest BCUT2D eigenvalue weighted by Crippen LogP contribution is -2.39. The van der Waals surface area contributed by atoms with Crippen LogP contribution in [0.5, 0.6) is 0 Å². The van der Waals surface area contributed by atoms with Crippen molar-refractivity contribution >= 4 is 22.4 Å². The van der Waals surface area contributed by atoms with Gasteiger partial charge in [-0.15, -0.1) is 0 Å². The molecular weight excluding hydrogens is 461 g/mol. The van der Waals surface area contributed by atoms with Crippen LogP contribution in [0.25, 0.3) is 10.8 Å². The lowest BCUT2D eigenvalue weighted by atomic mass is 9.91. The number of nitrogens with zero attached hydrogens (tertiary/aromatic N) is 1. The van der Waals surface area contributed by atoms with E-state index in [0.29, 0.717) is 16.6 Å². The van der Waals surface area contributed by atoms with Crippen LogP contribution in [0.15, 0.2) is 82.1 Å². The minimum atomic E-state index is -4.59. The number of hydrogen-bond donors (Lipinski definition) is 2. The number of carbonyl (C=O) groups is 1. The maximum atomic E-state index is 13.2. The highest BCUT2D eigenvalue weighted by molar-refractivity contribution is 6.01. The first-order valence-electron chi connectivity index (χ1n) is 10.3. The Labute approximate surface area is 197 Å². The van der Waals surface area contributed by atoms with Crippen LogP contribution in [-0.4, -0.2) is 16.2 Å². The summed E-state index contributed by atoms with van der Waals surface area (Å²) in [5.41, 5.74) is -3.12. The fourth-order valence-electron chi connectivity index (χ4n) is 3.37. The van der Waals surface area contributed by atoms with Gasteiger partial charge < -0.3 is 14.9 Å². The number of aliphatic hydroxyl groups is 1. The number of anilines is 1. The molecule has 1 heterocycles. The Morgan fingerprint density at radius 3 is 2.29 bits per heavy atom. The summed E-state index contributed by atoms with van der Waals surface area (Å²) >= 11 is 0. The highest BCUT2D eigenvalue weighted by atomic mass is 19.4. The fraction of sp³-hybridized carbons (Fsp3) is 0.115. The van der Waals surface area contributed by atoms with E-state index < -0.39 is 28.9 Å². The van der Waals surface area contributed by atoms with Gasteiger partial charge in [-0.25, -0.2) is 4.79 Å². The quantitative estimate of drug-likeness (QED) is 0.426. The maximum absolute atomic E-state index is 13.2. The summed E-state index contributed by atoms with van der Waals surface area (Å²) in [6, 6.07) is 16.4. The minimum absolute atomic E-state index is 0.147. The molecular formula is C26H17F3N2O4. The molecule has 4 aromatic rings. The summed E-state index contributed by atoms with van der Waals surface area (Å²) in [6.45, 7) is 1.61. The number of rotatable bonds is 3. The van der Waals surface area contributed by atoms with E-state index in [1.807, 2.05) is 0 Å². The molecule has 0 aliphatic rings. The molecule has 3 aromatic carbocycles. The lowest BCUT2D eigenvalue weighted by Gasteiger charge is -2.22. The van der Waals surface area contributed by atoms with Gasteiger partial charge >= 0.3 is 11.8 Å². The van der Waals surface area contributed by atoms with Gasteiger partial charge in [-0.2, -0.15) is 13.2 Å². The lowest BCUT2D eigenvalue weighted by molar-refractivity contribution is -0.137. The highest BCUT2D eigenvalue weighted by Gasteiger charge is 2.38. The first-order chi connectivity index (χ1) is 16.6. The number of carbonyl (C=O) groups excluding carboxylic acids is 1. The number of fused-ring (bicyclic) bond motifs is 1. The largest absolute Gasteiger partial charge is 0.416 e. The van der Waals surface area contributed by atoms with Crippen LogP contribution in [0.3, 0.4) is 0 Å². The molecule has 0 aliphatic heterocycles. The number of halogens is 3. The van der Waals surface area contributed by atoms with Crippen molar-refractivity contribution in [2.24, 2.45) is 0 Å². The van der Waals surface area contributed by atoms with E-state index in [-0.39, 0.29) is 16.6 Å². The van der Waals surface area contributed by atoms with Gasteiger partial charge in [-0.05, 0) is 55.3 Å². The molecule has 1 atom stereocenters. The van der Waals surface area contributed by atoms with Gasteiger partial charge in [0, 0.05) is 22.2 Å². The number of nitrogens with one attached hydrogen (secondary N) is 1. The summed E-state index contributed by atoms with van der Waals surface area (Å²) in [7, 11) is 0.